The average Bonchev–Trinajstić information content (AvgIpc) is 3.20. The number of fused-ring (bicyclic) bond motifs is 2. The molecule has 1 heterocycles. The third-order valence-electron chi connectivity index (χ3n) is 5.78. The molecule has 2 bridgehead atoms. The fourth-order valence-electron chi connectivity index (χ4n) is 4.77. The number of rotatable bonds is 5. The van der Waals surface area contributed by atoms with Crippen LogP contribution in [0.5, 0.6) is 0 Å². The Balaban J connectivity index is 1.50. The van der Waals surface area contributed by atoms with Crippen LogP contribution in [0.25, 0.3) is 0 Å². The van der Waals surface area contributed by atoms with Gasteiger partial charge in [0.2, 0.25) is 11.8 Å². The number of carbonyl (C=O) groups is 2. The Morgan fingerprint density at radius 1 is 1.19 bits per heavy atom. The molecule has 1 saturated heterocycles. The molecule has 5 nitrogen and oxygen atoms in total. The van der Waals surface area contributed by atoms with Crippen molar-refractivity contribution in [3.05, 3.63) is 0 Å². The van der Waals surface area contributed by atoms with Crippen molar-refractivity contribution in [3.8, 4) is 0 Å². The Kier molecular flexibility index (Phi) is 4.48. The molecule has 4 unspecified atom stereocenters. The van der Waals surface area contributed by atoms with E-state index in [1.807, 2.05) is 4.90 Å². The molecule has 5 heteroatoms. The summed E-state index contributed by atoms with van der Waals surface area (Å²) in [6, 6.07) is 0.400. The summed E-state index contributed by atoms with van der Waals surface area (Å²) in [4.78, 5) is 25.5. The Labute approximate surface area is 126 Å². The minimum absolute atomic E-state index is 0.0537. The highest BCUT2D eigenvalue weighted by Crippen LogP contribution is 2.50. The molecule has 0 spiro atoms. The number of hydrogen-bond donors (Lipinski definition) is 2. The number of carbonyl (C=O) groups excluding carboxylic acids is 2. The number of hydrogen-bond acceptors (Lipinski definition) is 3. The number of likely N-dealkylation sites (tertiary alicyclic amines) is 1. The van der Waals surface area contributed by atoms with E-state index >= 15 is 0 Å². The monoisotopic (exact) mass is 293 g/mol. The third-order valence-corrected chi connectivity index (χ3v) is 5.78. The Bertz CT molecular complexity index is 412. The minimum Gasteiger partial charge on any atom is -0.346 e. The number of nitrogens with one attached hydrogen (secondary N) is 1. The van der Waals surface area contributed by atoms with Gasteiger partial charge in [0.15, 0.2) is 0 Å². The zero-order valence-corrected chi connectivity index (χ0v) is 12.7. The lowest BCUT2D eigenvalue weighted by molar-refractivity contribution is -0.133. The van der Waals surface area contributed by atoms with Gasteiger partial charge in [0.05, 0.1) is 13.1 Å². The number of amides is 2. The second kappa shape index (κ2) is 6.34. The molecule has 0 radical (unpaired) electrons. The summed E-state index contributed by atoms with van der Waals surface area (Å²) in [5, 5.41) is 2.60. The van der Waals surface area contributed by atoms with E-state index in [9.17, 15) is 9.59 Å². The highest BCUT2D eigenvalue weighted by Gasteiger charge is 2.41. The largest absolute Gasteiger partial charge is 0.346 e. The van der Waals surface area contributed by atoms with Gasteiger partial charge in [0, 0.05) is 12.6 Å². The lowest BCUT2D eigenvalue weighted by Crippen LogP contribution is -2.44. The SMILES string of the molecule is NCC(=O)NCC(=O)N1CCCC1CC1CC2CCC1C2. The first kappa shape index (κ1) is 14.8. The molecule has 21 heavy (non-hydrogen) atoms. The smallest absolute Gasteiger partial charge is 0.242 e. The van der Waals surface area contributed by atoms with Crippen LogP contribution in [0.2, 0.25) is 0 Å². The molecule has 1 aliphatic heterocycles. The van der Waals surface area contributed by atoms with Gasteiger partial charge in [0.1, 0.15) is 0 Å². The summed E-state index contributed by atoms with van der Waals surface area (Å²) in [6.07, 6.45) is 9.05. The summed E-state index contributed by atoms with van der Waals surface area (Å²) in [7, 11) is 0. The second-order valence-electron chi connectivity index (χ2n) is 7.03. The quantitative estimate of drug-likeness (QED) is 0.790. The standard InChI is InChI=1S/C16H27N3O2/c17-9-15(20)18-10-16(21)19-5-1-2-14(19)8-13-7-11-3-4-12(13)6-11/h11-14H,1-10,17H2,(H,18,20). The van der Waals surface area contributed by atoms with Crippen molar-refractivity contribution in [2.75, 3.05) is 19.6 Å². The highest BCUT2D eigenvalue weighted by molar-refractivity contribution is 5.85. The number of nitrogens with two attached hydrogens (primary N) is 1. The van der Waals surface area contributed by atoms with Crippen LogP contribution in [-0.2, 0) is 9.59 Å². The van der Waals surface area contributed by atoms with E-state index in [1.165, 1.54) is 32.1 Å². The topological polar surface area (TPSA) is 75.4 Å². The predicted molar refractivity (Wildman–Crippen MR) is 80.4 cm³/mol. The lowest BCUT2D eigenvalue weighted by atomic mass is 9.83. The van der Waals surface area contributed by atoms with Gasteiger partial charge in [-0.25, -0.2) is 0 Å². The fourth-order valence-corrected chi connectivity index (χ4v) is 4.77. The van der Waals surface area contributed by atoms with Gasteiger partial charge in [-0.05, 0) is 56.3 Å². The molecule has 3 fully saturated rings. The molecule has 0 aromatic carbocycles. The van der Waals surface area contributed by atoms with E-state index in [4.69, 9.17) is 5.73 Å². The zero-order chi connectivity index (χ0) is 14.8. The summed E-state index contributed by atoms with van der Waals surface area (Å²) in [5.74, 6) is 2.52. The molecule has 3 N–H and O–H groups in total. The van der Waals surface area contributed by atoms with Crippen molar-refractivity contribution in [1.82, 2.24) is 10.2 Å². The molecule has 4 atom stereocenters. The van der Waals surface area contributed by atoms with Gasteiger partial charge in [-0.15, -0.1) is 0 Å². The van der Waals surface area contributed by atoms with Crippen LogP contribution in [0.4, 0.5) is 0 Å². The maximum absolute atomic E-state index is 12.3. The van der Waals surface area contributed by atoms with Crippen molar-refractivity contribution in [2.45, 2.75) is 51.0 Å². The first-order valence-corrected chi connectivity index (χ1v) is 8.43. The van der Waals surface area contributed by atoms with Gasteiger partial charge >= 0.3 is 0 Å². The van der Waals surface area contributed by atoms with Crippen molar-refractivity contribution >= 4 is 11.8 Å². The van der Waals surface area contributed by atoms with E-state index in [1.54, 1.807) is 0 Å². The van der Waals surface area contributed by atoms with Crippen molar-refractivity contribution in [3.63, 3.8) is 0 Å². The number of nitrogens with zero attached hydrogens (tertiary/aromatic N) is 1. The summed E-state index contributed by atoms with van der Waals surface area (Å²) in [5.41, 5.74) is 5.25. The molecule has 118 valence electrons. The molecular formula is C16H27N3O2. The molecular weight excluding hydrogens is 266 g/mol. The molecule has 0 aromatic heterocycles. The summed E-state index contributed by atoms with van der Waals surface area (Å²) in [6.45, 7) is 0.897. The van der Waals surface area contributed by atoms with Gasteiger partial charge in [-0.2, -0.15) is 0 Å². The van der Waals surface area contributed by atoms with E-state index < -0.39 is 0 Å². The van der Waals surface area contributed by atoms with Gasteiger partial charge in [-0.1, -0.05) is 6.42 Å². The van der Waals surface area contributed by atoms with Gasteiger partial charge < -0.3 is 16.0 Å². The molecule has 2 amide bonds. The van der Waals surface area contributed by atoms with Crippen LogP contribution in [-0.4, -0.2) is 42.4 Å². The van der Waals surface area contributed by atoms with Gasteiger partial charge in [-0.3, -0.25) is 9.59 Å². The van der Waals surface area contributed by atoms with Crippen LogP contribution in [0, 0.1) is 17.8 Å². The average molecular weight is 293 g/mol. The van der Waals surface area contributed by atoms with Crippen LogP contribution < -0.4 is 11.1 Å². The third kappa shape index (κ3) is 3.23. The Morgan fingerprint density at radius 2 is 2.05 bits per heavy atom. The predicted octanol–water partition coefficient (Wildman–Crippen LogP) is 0.879. The first-order valence-electron chi connectivity index (χ1n) is 8.43. The molecule has 2 aliphatic carbocycles. The fraction of sp³-hybridized carbons (Fsp3) is 0.875. The van der Waals surface area contributed by atoms with Crippen molar-refractivity contribution in [2.24, 2.45) is 23.5 Å². The first-order chi connectivity index (χ1) is 10.2. The van der Waals surface area contributed by atoms with E-state index in [-0.39, 0.29) is 24.9 Å². The van der Waals surface area contributed by atoms with Crippen LogP contribution in [0.15, 0.2) is 0 Å². The maximum atomic E-state index is 12.3. The van der Waals surface area contributed by atoms with Crippen molar-refractivity contribution < 1.29 is 9.59 Å². The second-order valence-corrected chi connectivity index (χ2v) is 7.03. The maximum Gasteiger partial charge on any atom is 0.242 e. The summed E-state index contributed by atoms with van der Waals surface area (Å²) < 4.78 is 0. The van der Waals surface area contributed by atoms with E-state index in [0.717, 1.165) is 37.1 Å². The molecule has 3 aliphatic rings. The highest BCUT2D eigenvalue weighted by atomic mass is 16.2. The molecule has 2 saturated carbocycles. The van der Waals surface area contributed by atoms with E-state index in [0.29, 0.717) is 6.04 Å². The Morgan fingerprint density at radius 3 is 2.71 bits per heavy atom. The minimum atomic E-state index is -0.257. The lowest BCUT2D eigenvalue weighted by Gasteiger charge is -2.30. The van der Waals surface area contributed by atoms with Gasteiger partial charge in [0.25, 0.3) is 0 Å². The van der Waals surface area contributed by atoms with Crippen LogP contribution >= 0.6 is 0 Å². The molecule has 3 rings (SSSR count). The van der Waals surface area contributed by atoms with Crippen LogP contribution in [0.3, 0.4) is 0 Å². The van der Waals surface area contributed by atoms with Crippen LogP contribution in [0.1, 0.15) is 44.9 Å². The van der Waals surface area contributed by atoms with Crippen molar-refractivity contribution in [1.29, 1.82) is 0 Å². The normalized spacial score (nSPS) is 34.4. The zero-order valence-electron chi connectivity index (χ0n) is 12.7. The van der Waals surface area contributed by atoms with E-state index in [2.05, 4.69) is 5.32 Å². The molecule has 0 aromatic rings. The Hall–Kier alpha value is -1.10. The summed E-state index contributed by atoms with van der Waals surface area (Å²) >= 11 is 0.